The molecule has 1 atom stereocenters. The number of carbonyl (C=O) groups is 3. The van der Waals surface area contributed by atoms with Crippen LogP contribution in [0.1, 0.15) is 39.5 Å². The van der Waals surface area contributed by atoms with E-state index in [0.29, 0.717) is 5.56 Å². The van der Waals surface area contributed by atoms with Crippen molar-refractivity contribution < 1.29 is 14.4 Å². The monoisotopic (exact) mass is 363 g/mol. The first kappa shape index (κ1) is 17.3. The van der Waals surface area contributed by atoms with Gasteiger partial charge in [-0.15, -0.1) is 0 Å². The number of urea groups is 1. The van der Waals surface area contributed by atoms with Crippen molar-refractivity contribution in [3.05, 3.63) is 70.8 Å². The topological polar surface area (TPSA) is 69.7 Å². The molecule has 2 aliphatic rings. The second kappa shape index (κ2) is 6.87. The summed E-state index contributed by atoms with van der Waals surface area (Å²) < 4.78 is 0. The lowest BCUT2D eigenvalue weighted by atomic mass is 10.1. The number of carbonyl (C=O) groups excluding carboxylic acids is 3. The van der Waals surface area contributed by atoms with E-state index in [1.807, 2.05) is 19.2 Å². The van der Waals surface area contributed by atoms with E-state index in [-0.39, 0.29) is 37.0 Å². The van der Waals surface area contributed by atoms with Gasteiger partial charge in [0.25, 0.3) is 5.91 Å². The van der Waals surface area contributed by atoms with E-state index in [1.54, 1.807) is 29.2 Å². The minimum absolute atomic E-state index is 0.0294. The van der Waals surface area contributed by atoms with E-state index < -0.39 is 0 Å². The fraction of sp³-hybridized carbons (Fsp3) is 0.286. The van der Waals surface area contributed by atoms with Crippen LogP contribution in [0.15, 0.2) is 48.5 Å². The molecule has 2 aromatic rings. The molecule has 0 spiro atoms. The van der Waals surface area contributed by atoms with Gasteiger partial charge in [-0.05, 0) is 41.7 Å². The summed E-state index contributed by atoms with van der Waals surface area (Å²) in [5.41, 5.74) is 3.95. The predicted molar refractivity (Wildman–Crippen MR) is 100.0 cm³/mol. The third-order valence-electron chi connectivity index (χ3n) is 5.37. The third-order valence-corrected chi connectivity index (χ3v) is 5.37. The Labute approximate surface area is 157 Å². The van der Waals surface area contributed by atoms with Crippen LogP contribution in [0.5, 0.6) is 0 Å². The molecule has 4 amide bonds. The fourth-order valence-electron chi connectivity index (χ4n) is 3.83. The highest BCUT2D eigenvalue weighted by Crippen LogP contribution is 2.35. The van der Waals surface area contributed by atoms with E-state index in [1.165, 1.54) is 16.0 Å². The summed E-state index contributed by atoms with van der Waals surface area (Å²) in [5, 5.41) is 2.50. The van der Waals surface area contributed by atoms with Crippen LogP contribution in [0.3, 0.4) is 0 Å². The SMILES string of the molecule is CN(C(=O)c1ccc(CN2C(=O)CNC2=O)cc1)C1CCc2ccccc21. The highest BCUT2D eigenvalue weighted by atomic mass is 16.2. The van der Waals surface area contributed by atoms with Crippen molar-refractivity contribution in [1.82, 2.24) is 15.1 Å². The molecule has 1 fully saturated rings. The first-order valence-electron chi connectivity index (χ1n) is 9.06. The molecule has 138 valence electrons. The van der Waals surface area contributed by atoms with Crippen LogP contribution in [0.25, 0.3) is 0 Å². The molecule has 4 rings (SSSR count). The molecule has 6 nitrogen and oxygen atoms in total. The Morgan fingerprint density at radius 1 is 1.15 bits per heavy atom. The Bertz CT molecular complexity index is 891. The van der Waals surface area contributed by atoms with Gasteiger partial charge in [0.05, 0.1) is 19.1 Å². The number of benzene rings is 2. The van der Waals surface area contributed by atoms with Crippen molar-refractivity contribution in [2.24, 2.45) is 0 Å². The first-order valence-corrected chi connectivity index (χ1v) is 9.06. The van der Waals surface area contributed by atoms with Crippen LogP contribution < -0.4 is 5.32 Å². The van der Waals surface area contributed by atoms with Gasteiger partial charge in [0.1, 0.15) is 0 Å². The maximum atomic E-state index is 12.9. The lowest BCUT2D eigenvalue weighted by molar-refractivity contribution is -0.125. The van der Waals surface area contributed by atoms with Crippen molar-refractivity contribution in [2.45, 2.75) is 25.4 Å². The van der Waals surface area contributed by atoms with Crippen LogP contribution in [0.4, 0.5) is 4.79 Å². The number of rotatable bonds is 4. The van der Waals surface area contributed by atoms with Gasteiger partial charge in [-0.25, -0.2) is 4.79 Å². The molecule has 0 saturated carbocycles. The van der Waals surface area contributed by atoms with Crippen LogP contribution in [-0.4, -0.2) is 41.2 Å². The number of imide groups is 1. The Morgan fingerprint density at radius 2 is 1.89 bits per heavy atom. The zero-order chi connectivity index (χ0) is 19.0. The van der Waals surface area contributed by atoms with Crippen LogP contribution in [-0.2, 0) is 17.8 Å². The molecule has 27 heavy (non-hydrogen) atoms. The minimum Gasteiger partial charge on any atom is -0.335 e. The molecule has 0 aromatic heterocycles. The zero-order valence-corrected chi connectivity index (χ0v) is 15.1. The second-order valence-corrected chi connectivity index (χ2v) is 7.00. The van der Waals surface area contributed by atoms with Gasteiger partial charge in [0.15, 0.2) is 0 Å². The molecular formula is C21H21N3O3. The summed E-state index contributed by atoms with van der Waals surface area (Å²) in [5.74, 6) is -0.266. The van der Waals surface area contributed by atoms with Crippen molar-refractivity contribution >= 4 is 17.8 Å². The number of hydrogen-bond acceptors (Lipinski definition) is 3. The van der Waals surface area contributed by atoms with Gasteiger partial charge >= 0.3 is 6.03 Å². The number of nitrogens with zero attached hydrogens (tertiary/aromatic N) is 2. The molecule has 1 N–H and O–H groups in total. The van der Waals surface area contributed by atoms with Gasteiger partial charge in [-0.3, -0.25) is 14.5 Å². The highest BCUT2D eigenvalue weighted by Gasteiger charge is 2.30. The summed E-state index contributed by atoms with van der Waals surface area (Å²) >= 11 is 0. The van der Waals surface area contributed by atoms with Crippen molar-refractivity contribution in [1.29, 1.82) is 0 Å². The van der Waals surface area contributed by atoms with Gasteiger partial charge < -0.3 is 10.2 Å². The van der Waals surface area contributed by atoms with E-state index in [2.05, 4.69) is 17.4 Å². The molecule has 2 aromatic carbocycles. The molecule has 6 heteroatoms. The molecule has 0 radical (unpaired) electrons. The van der Waals surface area contributed by atoms with Gasteiger partial charge in [0, 0.05) is 12.6 Å². The molecular weight excluding hydrogens is 342 g/mol. The summed E-state index contributed by atoms with van der Waals surface area (Å²) in [6.45, 7) is 0.258. The average Bonchev–Trinajstić information content (AvgIpc) is 3.26. The van der Waals surface area contributed by atoms with E-state index in [4.69, 9.17) is 0 Å². The smallest absolute Gasteiger partial charge is 0.324 e. The quantitative estimate of drug-likeness (QED) is 0.849. The summed E-state index contributed by atoms with van der Waals surface area (Å²) in [6, 6.07) is 15.1. The zero-order valence-electron chi connectivity index (χ0n) is 15.1. The summed E-state index contributed by atoms with van der Waals surface area (Å²) in [6.07, 6.45) is 1.93. The third kappa shape index (κ3) is 3.18. The Hall–Kier alpha value is -3.15. The highest BCUT2D eigenvalue weighted by molar-refractivity contribution is 6.01. The Balaban J connectivity index is 1.46. The van der Waals surface area contributed by atoms with Crippen molar-refractivity contribution in [3.63, 3.8) is 0 Å². The number of amides is 4. The van der Waals surface area contributed by atoms with Gasteiger partial charge in [-0.2, -0.15) is 0 Å². The number of nitrogens with one attached hydrogen (secondary N) is 1. The van der Waals surface area contributed by atoms with Gasteiger partial charge in [0.2, 0.25) is 5.91 Å². The standard InChI is InChI=1S/C21H21N3O3/c1-23(18-11-10-15-4-2-3-5-17(15)18)20(26)16-8-6-14(7-9-16)13-24-19(25)12-22-21(24)27/h2-9,18H,10-13H2,1H3,(H,22,27). The summed E-state index contributed by atoms with van der Waals surface area (Å²) in [4.78, 5) is 39.2. The number of hydrogen-bond donors (Lipinski definition) is 1. The first-order chi connectivity index (χ1) is 13.0. The molecule has 1 unspecified atom stereocenters. The molecule has 1 heterocycles. The molecule has 1 saturated heterocycles. The maximum Gasteiger partial charge on any atom is 0.324 e. The normalized spacial score (nSPS) is 18.4. The van der Waals surface area contributed by atoms with E-state index >= 15 is 0 Å². The van der Waals surface area contributed by atoms with E-state index in [9.17, 15) is 14.4 Å². The largest absolute Gasteiger partial charge is 0.335 e. The predicted octanol–water partition coefficient (Wildman–Crippen LogP) is 2.50. The maximum absolute atomic E-state index is 12.9. The Kier molecular flexibility index (Phi) is 4.39. The average molecular weight is 363 g/mol. The molecule has 1 aliphatic heterocycles. The van der Waals surface area contributed by atoms with Crippen LogP contribution in [0.2, 0.25) is 0 Å². The minimum atomic E-state index is -0.375. The number of aryl methyl sites for hydroxylation is 1. The lowest BCUT2D eigenvalue weighted by Crippen LogP contribution is -2.31. The number of fused-ring (bicyclic) bond motifs is 1. The molecule has 1 aliphatic carbocycles. The lowest BCUT2D eigenvalue weighted by Gasteiger charge is -2.25. The van der Waals surface area contributed by atoms with E-state index in [0.717, 1.165) is 18.4 Å². The molecule has 0 bridgehead atoms. The fourth-order valence-corrected chi connectivity index (χ4v) is 3.83. The van der Waals surface area contributed by atoms with Gasteiger partial charge in [-0.1, -0.05) is 36.4 Å². The van der Waals surface area contributed by atoms with Crippen molar-refractivity contribution in [2.75, 3.05) is 13.6 Å². The van der Waals surface area contributed by atoms with Crippen LogP contribution in [0, 0.1) is 0 Å². The van der Waals surface area contributed by atoms with Crippen LogP contribution >= 0.6 is 0 Å². The Morgan fingerprint density at radius 3 is 2.59 bits per heavy atom. The summed E-state index contributed by atoms with van der Waals surface area (Å²) in [7, 11) is 1.84. The second-order valence-electron chi connectivity index (χ2n) is 7.00. The van der Waals surface area contributed by atoms with Crippen molar-refractivity contribution in [3.8, 4) is 0 Å².